The van der Waals surface area contributed by atoms with Crippen molar-refractivity contribution in [3.8, 4) is 0 Å². The fourth-order valence-electron chi connectivity index (χ4n) is 4.19. The molecule has 1 N–H and O–H groups in total. The van der Waals surface area contributed by atoms with E-state index in [1.807, 2.05) is 10.6 Å². The zero-order chi connectivity index (χ0) is 22.8. The largest absolute Gasteiger partial charge is 0.340 e. The third kappa shape index (κ3) is 4.58. The number of halogens is 2. The van der Waals surface area contributed by atoms with Gasteiger partial charge in [0.25, 0.3) is 5.56 Å². The molecule has 4 rings (SSSR count). The van der Waals surface area contributed by atoms with Crippen LogP contribution in [-0.4, -0.2) is 56.7 Å². The molecule has 1 saturated heterocycles. The van der Waals surface area contributed by atoms with E-state index >= 15 is 0 Å². The van der Waals surface area contributed by atoms with Gasteiger partial charge in [-0.1, -0.05) is 49.0 Å². The van der Waals surface area contributed by atoms with E-state index in [1.54, 1.807) is 19.2 Å². The molecule has 2 aromatic heterocycles. The predicted molar refractivity (Wildman–Crippen MR) is 129 cm³/mol. The van der Waals surface area contributed by atoms with E-state index < -0.39 is 11.2 Å². The number of nitrogens with one attached hydrogen (secondary N) is 1. The number of fused-ring (bicyclic) bond motifs is 1. The Morgan fingerprint density at radius 2 is 1.81 bits per heavy atom. The molecule has 0 bridgehead atoms. The summed E-state index contributed by atoms with van der Waals surface area (Å²) in [6.45, 7) is 7.21. The minimum atomic E-state index is -0.478. The molecule has 3 heterocycles. The first-order valence-electron chi connectivity index (χ1n) is 11.0. The van der Waals surface area contributed by atoms with Crippen molar-refractivity contribution in [1.29, 1.82) is 0 Å². The highest BCUT2D eigenvalue weighted by atomic mass is 35.5. The van der Waals surface area contributed by atoms with Crippen LogP contribution in [0.15, 0.2) is 27.8 Å². The number of aromatic nitrogens is 4. The van der Waals surface area contributed by atoms with Gasteiger partial charge in [-0.25, -0.2) is 4.79 Å². The molecule has 1 aliphatic rings. The molecule has 1 aromatic carbocycles. The normalized spacial score (nSPS) is 15.1. The summed E-state index contributed by atoms with van der Waals surface area (Å²) in [5, 5.41) is 0.933. The molecule has 3 aromatic rings. The molecule has 32 heavy (non-hydrogen) atoms. The van der Waals surface area contributed by atoms with Crippen molar-refractivity contribution in [3.05, 3.63) is 54.6 Å². The number of anilines is 1. The standard InChI is InChI=1S/C22H28Cl2N6O2/c1-3-4-5-8-28-9-11-29(12-10-28)21-25-19-18(20(31)26-22(32)27(19)2)30(21)14-15-6-7-16(23)17(24)13-15/h6-7,13H,3-5,8-12,14H2,1-2H3,(H,26,31,32). The van der Waals surface area contributed by atoms with Crippen molar-refractivity contribution >= 4 is 40.3 Å². The van der Waals surface area contributed by atoms with Crippen molar-refractivity contribution in [1.82, 2.24) is 24.0 Å². The number of hydrogen-bond acceptors (Lipinski definition) is 5. The summed E-state index contributed by atoms with van der Waals surface area (Å²) in [6.07, 6.45) is 3.67. The molecule has 0 amide bonds. The Morgan fingerprint density at radius 3 is 2.50 bits per heavy atom. The van der Waals surface area contributed by atoms with Crippen LogP contribution in [0.4, 0.5) is 5.95 Å². The first kappa shape index (κ1) is 22.9. The Morgan fingerprint density at radius 1 is 1.06 bits per heavy atom. The van der Waals surface area contributed by atoms with E-state index in [0.29, 0.717) is 33.7 Å². The van der Waals surface area contributed by atoms with Crippen LogP contribution in [0.3, 0.4) is 0 Å². The number of unbranched alkanes of at least 4 members (excludes halogenated alkanes) is 2. The van der Waals surface area contributed by atoms with Gasteiger partial charge in [-0.3, -0.25) is 23.8 Å². The summed E-state index contributed by atoms with van der Waals surface area (Å²) >= 11 is 12.3. The van der Waals surface area contributed by atoms with E-state index in [0.717, 1.165) is 38.3 Å². The second-order valence-electron chi connectivity index (χ2n) is 8.27. The lowest BCUT2D eigenvalue weighted by molar-refractivity contribution is 0.251. The van der Waals surface area contributed by atoms with E-state index in [-0.39, 0.29) is 0 Å². The van der Waals surface area contributed by atoms with Crippen LogP contribution < -0.4 is 16.1 Å². The van der Waals surface area contributed by atoms with Crippen LogP contribution in [-0.2, 0) is 13.6 Å². The average Bonchev–Trinajstić information content (AvgIpc) is 3.15. The zero-order valence-corrected chi connectivity index (χ0v) is 19.9. The molecular formula is C22H28Cl2N6O2. The number of nitrogens with zero attached hydrogens (tertiary/aromatic N) is 5. The molecule has 1 fully saturated rings. The van der Waals surface area contributed by atoms with Crippen molar-refractivity contribution in [2.24, 2.45) is 7.05 Å². The fraction of sp³-hybridized carbons (Fsp3) is 0.500. The van der Waals surface area contributed by atoms with E-state index in [4.69, 9.17) is 28.2 Å². The molecule has 0 saturated carbocycles. The highest BCUT2D eigenvalue weighted by Crippen LogP contribution is 2.26. The van der Waals surface area contributed by atoms with Gasteiger partial charge in [0.1, 0.15) is 0 Å². The van der Waals surface area contributed by atoms with Gasteiger partial charge in [-0.2, -0.15) is 4.98 Å². The third-order valence-corrected chi connectivity index (χ3v) is 6.78. The molecule has 10 heteroatoms. The quantitative estimate of drug-likeness (QED) is 0.527. The number of benzene rings is 1. The summed E-state index contributed by atoms with van der Waals surface area (Å²) in [6, 6.07) is 5.42. The fourth-order valence-corrected chi connectivity index (χ4v) is 4.51. The second kappa shape index (κ2) is 9.68. The lowest BCUT2D eigenvalue weighted by Crippen LogP contribution is -2.47. The van der Waals surface area contributed by atoms with Gasteiger partial charge in [0.05, 0.1) is 16.6 Å². The van der Waals surface area contributed by atoms with Crippen molar-refractivity contribution < 1.29 is 0 Å². The number of aromatic amines is 1. The van der Waals surface area contributed by atoms with E-state index in [9.17, 15) is 9.59 Å². The number of H-pyrrole nitrogens is 1. The van der Waals surface area contributed by atoms with Gasteiger partial charge >= 0.3 is 5.69 Å². The first-order chi connectivity index (χ1) is 15.4. The van der Waals surface area contributed by atoms with Gasteiger partial charge in [-0.05, 0) is 30.7 Å². The number of piperazine rings is 1. The molecule has 0 radical (unpaired) electrons. The van der Waals surface area contributed by atoms with Gasteiger partial charge in [0, 0.05) is 33.2 Å². The van der Waals surface area contributed by atoms with Gasteiger partial charge < -0.3 is 4.90 Å². The van der Waals surface area contributed by atoms with Crippen LogP contribution in [0.1, 0.15) is 31.7 Å². The van der Waals surface area contributed by atoms with Gasteiger partial charge in [-0.15, -0.1) is 0 Å². The number of imidazole rings is 1. The van der Waals surface area contributed by atoms with Crippen molar-refractivity contribution in [3.63, 3.8) is 0 Å². The summed E-state index contributed by atoms with van der Waals surface area (Å²) in [5.41, 5.74) is 0.721. The Hall–Kier alpha value is -2.29. The maximum Gasteiger partial charge on any atom is 0.329 e. The third-order valence-electron chi connectivity index (χ3n) is 6.04. The maximum absolute atomic E-state index is 12.8. The molecule has 172 valence electrons. The Labute approximate surface area is 196 Å². The monoisotopic (exact) mass is 478 g/mol. The molecule has 1 aliphatic heterocycles. The van der Waals surface area contributed by atoms with Gasteiger partial charge in [0.2, 0.25) is 5.95 Å². The average molecular weight is 479 g/mol. The highest BCUT2D eigenvalue weighted by Gasteiger charge is 2.25. The molecule has 0 atom stereocenters. The minimum absolute atomic E-state index is 0.374. The summed E-state index contributed by atoms with van der Waals surface area (Å²) in [7, 11) is 1.62. The Balaban J connectivity index is 1.70. The van der Waals surface area contributed by atoms with E-state index in [2.05, 4.69) is 21.7 Å². The van der Waals surface area contributed by atoms with Crippen LogP contribution in [0.25, 0.3) is 11.2 Å². The van der Waals surface area contributed by atoms with Crippen molar-refractivity contribution in [2.45, 2.75) is 32.7 Å². The predicted octanol–water partition coefficient (Wildman–Crippen LogP) is 3.09. The number of hydrogen-bond donors (Lipinski definition) is 1. The van der Waals surface area contributed by atoms with Gasteiger partial charge in [0.15, 0.2) is 11.2 Å². The first-order valence-corrected chi connectivity index (χ1v) is 11.8. The molecular weight excluding hydrogens is 451 g/mol. The number of aryl methyl sites for hydroxylation is 1. The maximum atomic E-state index is 12.8. The van der Waals surface area contributed by atoms with Crippen LogP contribution >= 0.6 is 23.2 Å². The summed E-state index contributed by atoms with van der Waals surface area (Å²) in [5.74, 6) is 0.686. The Kier molecular flexibility index (Phi) is 6.93. The number of rotatable bonds is 7. The van der Waals surface area contributed by atoms with Crippen LogP contribution in [0.5, 0.6) is 0 Å². The minimum Gasteiger partial charge on any atom is -0.340 e. The zero-order valence-electron chi connectivity index (χ0n) is 18.4. The lowest BCUT2D eigenvalue weighted by atomic mass is 10.2. The lowest BCUT2D eigenvalue weighted by Gasteiger charge is -2.35. The van der Waals surface area contributed by atoms with E-state index in [1.165, 1.54) is 23.8 Å². The molecule has 8 nitrogen and oxygen atoms in total. The SMILES string of the molecule is CCCCCN1CCN(c2nc3c(c(=O)[nH]c(=O)n3C)n2Cc2ccc(Cl)c(Cl)c2)CC1. The second-order valence-corrected chi connectivity index (χ2v) is 9.09. The smallest absolute Gasteiger partial charge is 0.329 e. The summed E-state index contributed by atoms with van der Waals surface area (Å²) < 4.78 is 3.26. The molecule has 0 spiro atoms. The molecule has 0 unspecified atom stereocenters. The molecule has 0 aliphatic carbocycles. The van der Waals surface area contributed by atoms with Crippen LogP contribution in [0.2, 0.25) is 10.0 Å². The Bertz CT molecular complexity index is 1220. The topological polar surface area (TPSA) is 79.2 Å². The summed E-state index contributed by atoms with van der Waals surface area (Å²) in [4.78, 5) is 36.8. The van der Waals surface area contributed by atoms with Crippen LogP contribution in [0, 0.1) is 0 Å². The van der Waals surface area contributed by atoms with Crippen molar-refractivity contribution in [2.75, 3.05) is 37.6 Å². The highest BCUT2D eigenvalue weighted by molar-refractivity contribution is 6.42.